The molecule has 5 nitrogen and oxygen atoms in total. The Kier molecular flexibility index (Phi) is 2.62. The Morgan fingerprint density at radius 3 is 2.53 bits per heavy atom. The Morgan fingerprint density at radius 2 is 1.84 bits per heavy atom. The number of rotatable bonds is 2. The van der Waals surface area contributed by atoms with Gasteiger partial charge in [-0.3, -0.25) is 0 Å². The van der Waals surface area contributed by atoms with Crippen molar-refractivity contribution in [2.45, 2.75) is 34.2 Å². The van der Waals surface area contributed by atoms with Crippen molar-refractivity contribution in [1.82, 2.24) is 20.2 Å². The third-order valence-corrected chi connectivity index (χ3v) is 3.62. The molecule has 0 saturated carbocycles. The fourth-order valence-corrected chi connectivity index (χ4v) is 2.22. The molecule has 1 aromatic carbocycles. The fraction of sp³-hybridized carbons (Fsp3) is 0.357. The molecule has 98 valence electrons. The second-order valence-electron chi connectivity index (χ2n) is 4.97. The summed E-state index contributed by atoms with van der Waals surface area (Å²) in [6.07, 6.45) is 0. The zero-order valence-corrected chi connectivity index (χ0v) is 11.6. The van der Waals surface area contributed by atoms with Gasteiger partial charge in [0.25, 0.3) is 0 Å². The van der Waals surface area contributed by atoms with Gasteiger partial charge in [-0.05, 0) is 51.0 Å². The van der Waals surface area contributed by atoms with Crippen LogP contribution in [0, 0.1) is 27.7 Å². The Hall–Kier alpha value is -2.17. The van der Waals surface area contributed by atoms with Gasteiger partial charge in [-0.2, -0.15) is 0 Å². The largest absolute Gasteiger partial charge is 0.361 e. The molecule has 0 fully saturated rings. The van der Waals surface area contributed by atoms with Crippen LogP contribution in [-0.2, 0) is 6.54 Å². The first-order valence-electron chi connectivity index (χ1n) is 6.28. The van der Waals surface area contributed by atoms with Crippen molar-refractivity contribution in [3.05, 3.63) is 40.3 Å². The van der Waals surface area contributed by atoms with Crippen LogP contribution in [-0.4, -0.2) is 20.2 Å². The van der Waals surface area contributed by atoms with Crippen molar-refractivity contribution in [2.24, 2.45) is 0 Å². The highest BCUT2D eigenvalue weighted by molar-refractivity contribution is 5.76. The molecule has 0 unspecified atom stereocenters. The zero-order chi connectivity index (χ0) is 13.6. The average molecular weight is 256 g/mol. The van der Waals surface area contributed by atoms with E-state index >= 15 is 0 Å². The van der Waals surface area contributed by atoms with Crippen LogP contribution < -0.4 is 0 Å². The summed E-state index contributed by atoms with van der Waals surface area (Å²) in [6, 6.07) is 4.20. The molecule has 0 radical (unpaired) electrons. The van der Waals surface area contributed by atoms with E-state index in [1.807, 2.05) is 18.5 Å². The molecule has 3 rings (SSSR count). The second-order valence-corrected chi connectivity index (χ2v) is 4.97. The number of aromatic nitrogens is 4. The second kappa shape index (κ2) is 4.19. The van der Waals surface area contributed by atoms with Crippen molar-refractivity contribution >= 4 is 11.0 Å². The predicted octanol–water partition coefficient (Wildman–Crippen LogP) is 2.70. The summed E-state index contributed by atoms with van der Waals surface area (Å²) in [5.41, 5.74) is 6.43. The van der Waals surface area contributed by atoms with E-state index < -0.39 is 0 Å². The molecule has 2 aromatic heterocycles. The summed E-state index contributed by atoms with van der Waals surface area (Å²) in [5, 5.41) is 12.4. The molecule has 5 heteroatoms. The van der Waals surface area contributed by atoms with Crippen LogP contribution in [0.4, 0.5) is 0 Å². The van der Waals surface area contributed by atoms with Gasteiger partial charge < -0.3 is 4.52 Å². The molecule has 3 aromatic rings. The van der Waals surface area contributed by atoms with Gasteiger partial charge in [0.1, 0.15) is 11.3 Å². The number of nitrogens with zero attached hydrogens (tertiary/aromatic N) is 4. The Labute approximate surface area is 111 Å². The molecule has 0 bridgehead atoms. The standard InChI is InChI=1S/C14H16N4O/c1-8-5-13-14(6-9(8)2)18(17-15-13)7-12-10(3)16-19-11(12)4/h5-6H,7H2,1-4H3. The fourth-order valence-electron chi connectivity index (χ4n) is 2.22. The maximum absolute atomic E-state index is 5.19. The lowest BCUT2D eigenvalue weighted by molar-refractivity contribution is 0.391. The summed E-state index contributed by atoms with van der Waals surface area (Å²) < 4.78 is 7.08. The van der Waals surface area contributed by atoms with Gasteiger partial charge in [-0.1, -0.05) is 10.4 Å². The number of benzene rings is 1. The third-order valence-electron chi connectivity index (χ3n) is 3.62. The smallest absolute Gasteiger partial charge is 0.138 e. The van der Waals surface area contributed by atoms with Gasteiger partial charge in [0.15, 0.2) is 0 Å². The first-order chi connectivity index (χ1) is 9.06. The maximum Gasteiger partial charge on any atom is 0.138 e. The van der Waals surface area contributed by atoms with E-state index in [0.717, 1.165) is 28.1 Å². The Morgan fingerprint density at radius 1 is 1.11 bits per heavy atom. The zero-order valence-electron chi connectivity index (χ0n) is 11.6. The van der Waals surface area contributed by atoms with Crippen molar-refractivity contribution in [3.8, 4) is 0 Å². The number of hydrogen-bond donors (Lipinski definition) is 0. The number of hydrogen-bond acceptors (Lipinski definition) is 4. The molecular formula is C14H16N4O. The van der Waals surface area contributed by atoms with Crippen molar-refractivity contribution in [3.63, 3.8) is 0 Å². The molecule has 0 aliphatic carbocycles. The van der Waals surface area contributed by atoms with Gasteiger partial charge in [0.05, 0.1) is 17.8 Å². The molecule has 0 atom stereocenters. The highest BCUT2D eigenvalue weighted by Gasteiger charge is 2.13. The van der Waals surface area contributed by atoms with Crippen molar-refractivity contribution in [1.29, 1.82) is 0 Å². The van der Waals surface area contributed by atoms with Crippen LogP contribution in [0.15, 0.2) is 16.7 Å². The highest BCUT2D eigenvalue weighted by atomic mass is 16.5. The lowest BCUT2D eigenvalue weighted by Crippen LogP contribution is -2.03. The van der Waals surface area contributed by atoms with Crippen LogP contribution in [0.25, 0.3) is 11.0 Å². The van der Waals surface area contributed by atoms with Crippen molar-refractivity contribution < 1.29 is 4.52 Å². The molecule has 19 heavy (non-hydrogen) atoms. The lowest BCUT2D eigenvalue weighted by Gasteiger charge is -2.03. The average Bonchev–Trinajstić information content (AvgIpc) is 2.89. The Balaban J connectivity index is 2.09. The van der Waals surface area contributed by atoms with Gasteiger partial charge in [-0.25, -0.2) is 4.68 Å². The van der Waals surface area contributed by atoms with Crippen LogP contribution in [0.3, 0.4) is 0 Å². The van der Waals surface area contributed by atoms with Gasteiger partial charge in [-0.15, -0.1) is 5.10 Å². The van der Waals surface area contributed by atoms with E-state index in [1.54, 1.807) is 0 Å². The van der Waals surface area contributed by atoms with E-state index in [4.69, 9.17) is 4.52 Å². The first kappa shape index (κ1) is 11.9. The van der Waals surface area contributed by atoms with Crippen LogP contribution in [0.5, 0.6) is 0 Å². The monoisotopic (exact) mass is 256 g/mol. The molecule has 0 aliphatic rings. The molecule has 0 amide bonds. The molecular weight excluding hydrogens is 240 g/mol. The normalized spacial score (nSPS) is 11.4. The summed E-state index contributed by atoms with van der Waals surface area (Å²) in [4.78, 5) is 0. The Bertz CT molecular complexity index is 735. The highest BCUT2D eigenvalue weighted by Crippen LogP contribution is 2.20. The SMILES string of the molecule is Cc1cc2nnn(Cc3c(C)noc3C)c2cc1C. The molecule has 0 saturated heterocycles. The summed E-state index contributed by atoms with van der Waals surface area (Å²) in [5.74, 6) is 0.838. The van der Waals surface area contributed by atoms with Crippen LogP contribution in [0.1, 0.15) is 28.1 Å². The lowest BCUT2D eigenvalue weighted by atomic mass is 10.1. The van der Waals surface area contributed by atoms with Crippen molar-refractivity contribution in [2.75, 3.05) is 0 Å². The van der Waals surface area contributed by atoms with Gasteiger partial charge in [0.2, 0.25) is 0 Å². The minimum atomic E-state index is 0.639. The number of fused-ring (bicyclic) bond motifs is 1. The predicted molar refractivity (Wildman–Crippen MR) is 72.1 cm³/mol. The molecule has 0 spiro atoms. The summed E-state index contributed by atoms with van der Waals surface area (Å²) >= 11 is 0. The quantitative estimate of drug-likeness (QED) is 0.707. The summed E-state index contributed by atoms with van der Waals surface area (Å²) in [6.45, 7) is 8.69. The van der Waals surface area contributed by atoms with Crippen LogP contribution in [0.2, 0.25) is 0 Å². The topological polar surface area (TPSA) is 56.7 Å². The first-order valence-corrected chi connectivity index (χ1v) is 6.28. The van der Waals surface area contributed by atoms with E-state index in [-0.39, 0.29) is 0 Å². The maximum atomic E-state index is 5.19. The minimum absolute atomic E-state index is 0.639. The van der Waals surface area contributed by atoms with E-state index in [9.17, 15) is 0 Å². The van der Waals surface area contributed by atoms with E-state index in [1.165, 1.54) is 11.1 Å². The van der Waals surface area contributed by atoms with E-state index in [0.29, 0.717) is 6.54 Å². The van der Waals surface area contributed by atoms with Gasteiger partial charge in [0, 0.05) is 5.56 Å². The number of aryl methyl sites for hydroxylation is 4. The van der Waals surface area contributed by atoms with Crippen LogP contribution >= 0.6 is 0 Å². The third kappa shape index (κ3) is 1.91. The van der Waals surface area contributed by atoms with Gasteiger partial charge >= 0.3 is 0 Å². The summed E-state index contributed by atoms with van der Waals surface area (Å²) in [7, 11) is 0. The minimum Gasteiger partial charge on any atom is -0.361 e. The van der Waals surface area contributed by atoms with E-state index in [2.05, 4.69) is 41.4 Å². The molecule has 0 N–H and O–H groups in total. The molecule has 2 heterocycles. The molecule has 0 aliphatic heterocycles.